The van der Waals surface area contributed by atoms with E-state index >= 15 is 0 Å². The second kappa shape index (κ2) is 8.80. The molecular formula is C20H21N5O3S. The van der Waals surface area contributed by atoms with Crippen LogP contribution in [0.3, 0.4) is 0 Å². The number of hydrogen-bond acceptors (Lipinski definition) is 6. The molecule has 0 saturated carbocycles. The van der Waals surface area contributed by atoms with Gasteiger partial charge in [-0.25, -0.2) is 0 Å². The monoisotopic (exact) mass is 411 g/mol. The van der Waals surface area contributed by atoms with Gasteiger partial charge in [-0.2, -0.15) is 10.5 Å². The van der Waals surface area contributed by atoms with Crippen molar-refractivity contribution in [2.45, 2.75) is 32.9 Å². The molecule has 0 fully saturated rings. The van der Waals surface area contributed by atoms with Crippen LogP contribution in [0.4, 0.5) is 11.4 Å². The summed E-state index contributed by atoms with van der Waals surface area (Å²) in [7, 11) is 0. The minimum absolute atomic E-state index is 0.190. The van der Waals surface area contributed by atoms with Gasteiger partial charge in [0.15, 0.2) is 0 Å². The fourth-order valence-corrected chi connectivity index (χ4v) is 3.93. The molecule has 8 nitrogen and oxygen atoms in total. The molecule has 0 unspecified atom stereocenters. The number of hydrogen-bond donors (Lipinski definition) is 3. The Balaban J connectivity index is 2.13. The van der Waals surface area contributed by atoms with E-state index in [0.717, 1.165) is 11.8 Å². The van der Waals surface area contributed by atoms with Gasteiger partial charge in [-0.05, 0) is 31.2 Å². The summed E-state index contributed by atoms with van der Waals surface area (Å²) in [4.78, 5) is 35.8. The molecule has 9 heteroatoms. The minimum atomic E-state index is -0.979. The Morgan fingerprint density at radius 2 is 1.72 bits per heavy atom. The number of allylic oxidation sites excluding steroid dienone is 1. The first-order valence-electron chi connectivity index (χ1n) is 8.80. The molecule has 29 heavy (non-hydrogen) atoms. The van der Waals surface area contributed by atoms with Crippen molar-refractivity contribution in [2.24, 2.45) is 11.3 Å². The molecule has 1 aliphatic heterocycles. The van der Waals surface area contributed by atoms with E-state index in [1.54, 1.807) is 45.0 Å². The lowest BCUT2D eigenvalue weighted by molar-refractivity contribution is -0.125. The van der Waals surface area contributed by atoms with Crippen molar-refractivity contribution in [3.05, 3.63) is 34.9 Å². The lowest BCUT2D eigenvalue weighted by Gasteiger charge is -2.35. The summed E-state index contributed by atoms with van der Waals surface area (Å²) >= 11 is 1.06. The van der Waals surface area contributed by atoms with Crippen LogP contribution in [0.5, 0.6) is 0 Å². The van der Waals surface area contributed by atoms with Crippen LogP contribution < -0.4 is 16.0 Å². The molecule has 150 valence electrons. The molecule has 1 aliphatic rings. The van der Waals surface area contributed by atoms with Crippen molar-refractivity contribution in [3.63, 3.8) is 0 Å². The minimum Gasteiger partial charge on any atom is -0.326 e. The van der Waals surface area contributed by atoms with Crippen LogP contribution in [0.25, 0.3) is 0 Å². The molecule has 1 heterocycles. The number of benzene rings is 1. The van der Waals surface area contributed by atoms with Crippen molar-refractivity contribution < 1.29 is 14.4 Å². The Morgan fingerprint density at radius 3 is 2.21 bits per heavy atom. The predicted molar refractivity (Wildman–Crippen MR) is 110 cm³/mol. The Morgan fingerprint density at radius 1 is 1.17 bits per heavy atom. The van der Waals surface area contributed by atoms with Gasteiger partial charge in [-0.3, -0.25) is 14.4 Å². The van der Waals surface area contributed by atoms with Crippen LogP contribution in [0, 0.1) is 34.0 Å². The maximum atomic E-state index is 12.5. The fraction of sp³-hybridized carbons (Fsp3) is 0.350. The predicted octanol–water partition coefficient (Wildman–Crippen LogP) is 2.74. The molecule has 3 N–H and O–H groups in total. The van der Waals surface area contributed by atoms with Gasteiger partial charge in [0, 0.05) is 23.7 Å². The highest BCUT2D eigenvalue weighted by Gasteiger charge is 2.45. The molecule has 3 amide bonds. The summed E-state index contributed by atoms with van der Waals surface area (Å²) in [5, 5.41) is 26.5. The highest BCUT2D eigenvalue weighted by molar-refractivity contribution is 8.04. The van der Waals surface area contributed by atoms with E-state index in [4.69, 9.17) is 0 Å². The molecule has 1 aromatic carbocycles. The highest BCUT2D eigenvalue weighted by atomic mass is 32.2. The maximum Gasteiger partial charge on any atom is 0.243 e. The number of rotatable bonds is 5. The van der Waals surface area contributed by atoms with Gasteiger partial charge in [0.25, 0.3) is 0 Å². The smallest absolute Gasteiger partial charge is 0.243 e. The number of nitrogens with one attached hydrogen (secondary N) is 3. The molecule has 0 spiro atoms. The molecular weight excluding hydrogens is 390 g/mol. The zero-order valence-corrected chi connectivity index (χ0v) is 17.3. The molecule has 2 atom stereocenters. The van der Waals surface area contributed by atoms with Crippen LogP contribution in [0.1, 0.15) is 27.7 Å². The Hall–Kier alpha value is -3.30. The first kappa shape index (κ1) is 22.0. The van der Waals surface area contributed by atoms with E-state index in [0.29, 0.717) is 11.4 Å². The number of anilines is 2. The molecule has 1 aromatic rings. The summed E-state index contributed by atoms with van der Waals surface area (Å²) in [6.45, 7) is 6.40. The van der Waals surface area contributed by atoms with E-state index in [2.05, 4.69) is 22.0 Å². The standard InChI is InChI=1S/C20H21N5O3S/c1-11(17(27)24-14-7-5-13(6-8-14)23-12(2)26)29-19-16(10-22)20(3,4)15(9-21)18(28)25-19/h5-8,11,15H,1-4H3,(H,23,26)(H,24,27)(H,25,28)/t11-,15+/m0/s1. The van der Waals surface area contributed by atoms with Crippen molar-refractivity contribution >= 4 is 40.9 Å². The van der Waals surface area contributed by atoms with Crippen LogP contribution in [0.2, 0.25) is 0 Å². The first-order valence-corrected chi connectivity index (χ1v) is 9.68. The summed E-state index contributed by atoms with van der Waals surface area (Å²) in [5.74, 6) is -1.97. The van der Waals surface area contributed by atoms with Crippen LogP contribution in [0.15, 0.2) is 34.9 Å². The summed E-state index contributed by atoms with van der Waals surface area (Å²) in [5.41, 5.74) is 0.474. The van der Waals surface area contributed by atoms with Gasteiger partial charge in [0.2, 0.25) is 17.7 Å². The van der Waals surface area contributed by atoms with Gasteiger partial charge in [-0.1, -0.05) is 25.6 Å². The zero-order valence-electron chi connectivity index (χ0n) is 16.5. The SMILES string of the molecule is CC(=O)Nc1ccc(NC(=O)[C@H](C)SC2=C(C#N)C(C)(C)[C@H](C#N)C(=O)N2)cc1. The molecule has 0 radical (unpaired) electrons. The van der Waals surface area contributed by atoms with E-state index in [1.807, 2.05) is 6.07 Å². The fourth-order valence-electron chi connectivity index (χ4n) is 2.83. The third-order valence-corrected chi connectivity index (χ3v) is 5.58. The first-order chi connectivity index (χ1) is 13.6. The van der Waals surface area contributed by atoms with Crippen molar-refractivity contribution in [1.82, 2.24) is 5.32 Å². The average molecular weight is 411 g/mol. The van der Waals surface area contributed by atoms with Crippen molar-refractivity contribution in [3.8, 4) is 12.1 Å². The Labute approximate surface area is 173 Å². The maximum absolute atomic E-state index is 12.5. The zero-order chi connectivity index (χ0) is 21.8. The molecule has 0 bridgehead atoms. The van der Waals surface area contributed by atoms with Crippen LogP contribution in [-0.4, -0.2) is 23.0 Å². The van der Waals surface area contributed by atoms with E-state index < -0.39 is 22.5 Å². The number of thioether (sulfide) groups is 1. The summed E-state index contributed by atoms with van der Waals surface area (Å²) in [6.07, 6.45) is 0. The van der Waals surface area contributed by atoms with Gasteiger partial charge < -0.3 is 16.0 Å². The third-order valence-electron chi connectivity index (χ3n) is 4.47. The molecule has 0 aromatic heterocycles. The highest BCUT2D eigenvalue weighted by Crippen LogP contribution is 2.42. The summed E-state index contributed by atoms with van der Waals surface area (Å²) < 4.78 is 0. The lowest BCUT2D eigenvalue weighted by atomic mass is 9.72. The lowest BCUT2D eigenvalue weighted by Crippen LogP contribution is -2.45. The van der Waals surface area contributed by atoms with E-state index in [9.17, 15) is 24.9 Å². The van der Waals surface area contributed by atoms with Crippen molar-refractivity contribution in [2.75, 3.05) is 10.6 Å². The van der Waals surface area contributed by atoms with Crippen LogP contribution in [-0.2, 0) is 14.4 Å². The number of carbonyl (C=O) groups is 3. The second-order valence-corrected chi connectivity index (χ2v) is 8.45. The average Bonchev–Trinajstić information content (AvgIpc) is 2.62. The van der Waals surface area contributed by atoms with E-state index in [-0.39, 0.29) is 22.4 Å². The third kappa shape index (κ3) is 4.95. The second-order valence-electron chi connectivity index (χ2n) is 7.10. The quantitative estimate of drug-likeness (QED) is 0.682. The van der Waals surface area contributed by atoms with Gasteiger partial charge in [0.1, 0.15) is 5.92 Å². The largest absolute Gasteiger partial charge is 0.326 e. The van der Waals surface area contributed by atoms with E-state index in [1.165, 1.54) is 6.92 Å². The van der Waals surface area contributed by atoms with Gasteiger partial charge in [-0.15, -0.1) is 0 Å². The van der Waals surface area contributed by atoms with Crippen LogP contribution >= 0.6 is 11.8 Å². The van der Waals surface area contributed by atoms with Gasteiger partial charge in [0.05, 0.1) is 28.0 Å². The number of nitrogens with zero attached hydrogens (tertiary/aromatic N) is 2. The van der Waals surface area contributed by atoms with Gasteiger partial charge >= 0.3 is 0 Å². The molecule has 0 saturated heterocycles. The Kier molecular flexibility index (Phi) is 6.68. The van der Waals surface area contributed by atoms with Crippen molar-refractivity contribution in [1.29, 1.82) is 10.5 Å². The summed E-state index contributed by atoms with van der Waals surface area (Å²) in [6, 6.07) is 10.7. The number of carbonyl (C=O) groups excluding carboxylic acids is 3. The Bertz CT molecular complexity index is 954. The number of nitriles is 2. The molecule has 2 rings (SSSR count). The number of amides is 3. The molecule has 0 aliphatic carbocycles. The normalized spacial score (nSPS) is 18.7. The topological polar surface area (TPSA) is 135 Å².